The predicted octanol–water partition coefficient (Wildman–Crippen LogP) is 5.43. The van der Waals surface area contributed by atoms with Crippen molar-refractivity contribution in [2.75, 3.05) is 25.2 Å². The van der Waals surface area contributed by atoms with Gasteiger partial charge in [-0.1, -0.05) is 45.7 Å². The summed E-state index contributed by atoms with van der Waals surface area (Å²) in [6.45, 7) is 8.72. The summed E-state index contributed by atoms with van der Waals surface area (Å²) in [6.07, 6.45) is 1.67. The van der Waals surface area contributed by atoms with Crippen LogP contribution in [-0.4, -0.2) is 46.4 Å². The molecule has 3 aromatic rings. The number of rotatable bonds is 8. The highest BCUT2D eigenvalue weighted by atomic mass is 35.5. The minimum Gasteiger partial charge on any atom is -0.454 e. The van der Waals surface area contributed by atoms with Crippen LogP contribution < -0.4 is 14.8 Å². The Morgan fingerprint density at radius 1 is 1.08 bits per heavy atom. The molecular weight excluding hydrogens is 480 g/mol. The summed E-state index contributed by atoms with van der Waals surface area (Å²) in [5.41, 5.74) is 1.82. The second-order valence-electron chi connectivity index (χ2n) is 9.75. The quantitative estimate of drug-likeness (QED) is 0.436. The number of nitrogens with zero attached hydrogens (tertiary/aromatic N) is 3. The maximum absolute atomic E-state index is 13.3. The third kappa shape index (κ3) is 5.82. The number of carbonyl (C=O) groups excluding carboxylic acids is 2. The number of carbonyl (C=O) groups is 2. The minimum absolute atomic E-state index is 0.0933. The number of nitrogens with one attached hydrogen (secondary N) is 1. The van der Waals surface area contributed by atoms with Crippen molar-refractivity contribution in [2.45, 2.75) is 46.0 Å². The van der Waals surface area contributed by atoms with Crippen molar-refractivity contribution in [3.63, 3.8) is 0 Å². The summed E-state index contributed by atoms with van der Waals surface area (Å²) in [7, 11) is 0. The molecule has 2 amide bonds. The van der Waals surface area contributed by atoms with Crippen molar-refractivity contribution >= 4 is 29.2 Å². The Kier molecular flexibility index (Phi) is 7.54. The zero-order chi connectivity index (χ0) is 25.9. The van der Waals surface area contributed by atoms with Crippen molar-refractivity contribution in [3.05, 3.63) is 64.8 Å². The molecule has 0 radical (unpaired) electrons. The van der Waals surface area contributed by atoms with E-state index in [0.29, 0.717) is 34.4 Å². The highest BCUT2D eigenvalue weighted by Gasteiger charge is 2.24. The Morgan fingerprint density at radius 3 is 2.50 bits per heavy atom. The topological polar surface area (TPSA) is 85.7 Å². The average Bonchev–Trinajstić information content (AvgIpc) is 3.48. The SMILES string of the molecule is CCCCN(CC(=O)Nc1cc(C(C)(C)C)nn1-c1ccc(Cl)cc1)C(=O)c1ccc2c(c1)OCO2. The van der Waals surface area contributed by atoms with Gasteiger partial charge in [-0.2, -0.15) is 5.10 Å². The van der Waals surface area contributed by atoms with E-state index in [1.54, 1.807) is 39.9 Å². The van der Waals surface area contributed by atoms with Gasteiger partial charge in [-0.05, 0) is 48.9 Å². The molecule has 1 aliphatic rings. The number of aromatic nitrogens is 2. The lowest BCUT2D eigenvalue weighted by atomic mass is 9.92. The molecule has 0 atom stereocenters. The number of hydrogen-bond acceptors (Lipinski definition) is 5. The molecule has 0 aliphatic carbocycles. The maximum Gasteiger partial charge on any atom is 0.254 e. The number of anilines is 1. The zero-order valence-corrected chi connectivity index (χ0v) is 21.8. The van der Waals surface area contributed by atoms with Gasteiger partial charge < -0.3 is 19.7 Å². The van der Waals surface area contributed by atoms with E-state index in [4.69, 9.17) is 26.2 Å². The third-order valence-electron chi connectivity index (χ3n) is 5.84. The van der Waals surface area contributed by atoms with Crippen LogP contribution in [0.1, 0.15) is 56.6 Å². The molecule has 1 N–H and O–H groups in total. The highest BCUT2D eigenvalue weighted by Crippen LogP contribution is 2.33. The van der Waals surface area contributed by atoms with E-state index in [2.05, 4.69) is 26.1 Å². The van der Waals surface area contributed by atoms with Gasteiger partial charge in [0.15, 0.2) is 11.5 Å². The van der Waals surface area contributed by atoms with Crippen LogP contribution in [0.5, 0.6) is 11.5 Å². The molecule has 4 rings (SSSR count). The van der Waals surface area contributed by atoms with Gasteiger partial charge in [0.2, 0.25) is 12.7 Å². The second kappa shape index (κ2) is 10.6. The number of halogens is 1. The lowest BCUT2D eigenvalue weighted by molar-refractivity contribution is -0.117. The van der Waals surface area contributed by atoms with Gasteiger partial charge in [0.1, 0.15) is 12.4 Å². The molecule has 8 nitrogen and oxygen atoms in total. The Hall–Kier alpha value is -3.52. The zero-order valence-electron chi connectivity index (χ0n) is 21.0. The maximum atomic E-state index is 13.3. The molecule has 0 bridgehead atoms. The average molecular weight is 511 g/mol. The van der Waals surface area contributed by atoms with Crippen LogP contribution in [-0.2, 0) is 10.2 Å². The fourth-order valence-corrected chi connectivity index (χ4v) is 3.91. The lowest BCUT2D eigenvalue weighted by Crippen LogP contribution is -2.39. The van der Waals surface area contributed by atoms with Crippen LogP contribution in [0.25, 0.3) is 5.69 Å². The first-order chi connectivity index (χ1) is 17.2. The van der Waals surface area contributed by atoms with Gasteiger partial charge in [0, 0.05) is 28.6 Å². The monoisotopic (exact) mass is 510 g/mol. The largest absolute Gasteiger partial charge is 0.454 e. The van der Waals surface area contributed by atoms with Crippen molar-refractivity contribution in [1.82, 2.24) is 14.7 Å². The predicted molar refractivity (Wildman–Crippen MR) is 139 cm³/mol. The fraction of sp³-hybridized carbons (Fsp3) is 0.370. The van der Waals surface area contributed by atoms with Crippen LogP contribution in [0.2, 0.25) is 5.02 Å². The number of hydrogen-bond donors (Lipinski definition) is 1. The smallest absolute Gasteiger partial charge is 0.254 e. The summed E-state index contributed by atoms with van der Waals surface area (Å²) < 4.78 is 12.4. The summed E-state index contributed by atoms with van der Waals surface area (Å²) in [6, 6.07) is 14.2. The molecule has 2 aromatic carbocycles. The molecule has 1 aromatic heterocycles. The van der Waals surface area contributed by atoms with Gasteiger partial charge in [0.25, 0.3) is 5.91 Å². The van der Waals surface area contributed by atoms with Crippen molar-refractivity contribution in [1.29, 1.82) is 0 Å². The van der Waals surface area contributed by atoms with Crippen LogP contribution in [0.4, 0.5) is 5.82 Å². The fourth-order valence-electron chi connectivity index (χ4n) is 3.79. The number of amides is 2. The normalized spacial score (nSPS) is 12.5. The van der Waals surface area contributed by atoms with E-state index < -0.39 is 0 Å². The number of ether oxygens (including phenoxy) is 2. The van der Waals surface area contributed by atoms with Gasteiger partial charge in [-0.3, -0.25) is 9.59 Å². The van der Waals surface area contributed by atoms with Crippen LogP contribution in [0.3, 0.4) is 0 Å². The first kappa shape index (κ1) is 25.6. The third-order valence-corrected chi connectivity index (χ3v) is 6.09. The first-order valence-corrected chi connectivity index (χ1v) is 12.4. The molecule has 0 unspecified atom stereocenters. The van der Waals surface area contributed by atoms with Crippen molar-refractivity contribution in [2.24, 2.45) is 0 Å². The molecule has 0 saturated carbocycles. The molecule has 0 fully saturated rings. The van der Waals surface area contributed by atoms with Crippen LogP contribution >= 0.6 is 11.6 Å². The molecule has 2 heterocycles. The van der Waals surface area contributed by atoms with Crippen molar-refractivity contribution in [3.8, 4) is 17.2 Å². The molecule has 190 valence electrons. The van der Waals surface area contributed by atoms with Crippen LogP contribution in [0.15, 0.2) is 48.5 Å². The van der Waals surface area contributed by atoms with E-state index in [0.717, 1.165) is 24.2 Å². The molecule has 36 heavy (non-hydrogen) atoms. The minimum atomic E-state index is -0.309. The Labute approximate surface area is 216 Å². The van der Waals surface area contributed by atoms with Gasteiger partial charge in [0.05, 0.1) is 11.4 Å². The van der Waals surface area contributed by atoms with Gasteiger partial charge in [-0.15, -0.1) is 0 Å². The molecule has 9 heteroatoms. The van der Waals surface area contributed by atoms with E-state index in [-0.39, 0.29) is 30.6 Å². The molecule has 1 aliphatic heterocycles. The van der Waals surface area contributed by atoms with Crippen LogP contribution in [0, 0.1) is 0 Å². The van der Waals surface area contributed by atoms with E-state index >= 15 is 0 Å². The van der Waals surface area contributed by atoms with E-state index in [9.17, 15) is 9.59 Å². The lowest BCUT2D eigenvalue weighted by Gasteiger charge is -2.22. The van der Waals surface area contributed by atoms with Crippen molar-refractivity contribution < 1.29 is 19.1 Å². The highest BCUT2D eigenvalue weighted by molar-refractivity contribution is 6.30. The first-order valence-electron chi connectivity index (χ1n) is 12.0. The standard InChI is InChI=1S/C27H31ClN4O4/c1-5-6-13-31(26(34)18-7-12-21-22(14-18)36-17-35-21)16-25(33)29-24-15-23(27(2,3)4)30-32(24)20-10-8-19(28)9-11-20/h7-12,14-15H,5-6,13,16-17H2,1-4H3,(H,29,33). The number of fused-ring (bicyclic) bond motifs is 1. The van der Waals surface area contributed by atoms with E-state index in [1.807, 2.05) is 25.1 Å². The van der Waals surface area contributed by atoms with E-state index in [1.165, 1.54) is 0 Å². The Bertz CT molecular complexity index is 1250. The van der Waals surface area contributed by atoms with Gasteiger partial charge in [-0.25, -0.2) is 4.68 Å². The summed E-state index contributed by atoms with van der Waals surface area (Å²) in [5, 5.41) is 8.30. The molecule has 0 saturated heterocycles. The summed E-state index contributed by atoms with van der Waals surface area (Å²) in [4.78, 5) is 28.1. The van der Waals surface area contributed by atoms with Gasteiger partial charge >= 0.3 is 0 Å². The second-order valence-corrected chi connectivity index (χ2v) is 10.2. The summed E-state index contributed by atoms with van der Waals surface area (Å²) >= 11 is 6.06. The molecule has 0 spiro atoms. The Morgan fingerprint density at radius 2 is 1.81 bits per heavy atom. The molecular formula is C27H31ClN4O4. The Balaban J connectivity index is 1.56. The number of unbranched alkanes of at least 4 members (excludes halogenated alkanes) is 1. The summed E-state index contributed by atoms with van der Waals surface area (Å²) in [5.74, 6) is 1.12. The number of benzene rings is 2.